The van der Waals surface area contributed by atoms with Crippen molar-refractivity contribution in [1.82, 2.24) is 5.32 Å². The quantitative estimate of drug-likeness (QED) is 0.877. The minimum Gasteiger partial charge on any atom is -0.451 e. The molecule has 1 heterocycles. The second-order valence-corrected chi connectivity index (χ2v) is 5.08. The number of benzene rings is 1. The van der Waals surface area contributed by atoms with Crippen LogP contribution in [0.5, 0.6) is 0 Å². The highest BCUT2D eigenvalue weighted by atomic mass is 32.1. The Morgan fingerprint density at radius 3 is 2.67 bits per heavy atom. The Morgan fingerprint density at radius 1 is 1.19 bits per heavy atom. The highest BCUT2D eigenvalue weighted by Gasteiger charge is 2.15. The summed E-state index contributed by atoms with van der Waals surface area (Å²) in [6.45, 7) is 1.23. The predicted molar refractivity (Wildman–Crippen MR) is 77.3 cm³/mol. The zero-order chi connectivity index (χ0) is 15.2. The van der Waals surface area contributed by atoms with Gasteiger partial charge in [0, 0.05) is 4.70 Å². The Kier molecular flexibility index (Phi) is 4.89. The van der Waals surface area contributed by atoms with Crippen molar-refractivity contribution in [3.05, 3.63) is 35.2 Å². The maximum Gasteiger partial charge on any atom is 0.413 e. The van der Waals surface area contributed by atoms with E-state index in [0.29, 0.717) is 4.88 Å². The molecule has 21 heavy (non-hydrogen) atoms. The summed E-state index contributed by atoms with van der Waals surface area (Å²) in [7, 11) is 0. The van der Waals surface area contributed by atoms with E-state index in [1.807, 2.05) is 29.6 Å². The summed E-state index contributed by atoms with van der Waals surface area (Å²) >= 11 is 1.28. The second kappa shape index (κ2) is 6.85. The van der Waals surface area contributed by atoms with Crippen LogP contribution in [0.3, 0.4) is 0 Å². The lowest BCUT2D eigenvalue weighted by molar-refractivity contribution is -0.123. The largest absolute Gasteiger partial charge is 0.451 e. The van der Waals surface area contributed by atoms with E-state index in [0.717, 1.165) is 10.1 Å². The van der Waals surface area contributed by atoms with Gasteiger partial charge in [0.15, 0.2) is 6.61 Å². The monoisotopic (exact) mass is 307 g/mol. The van der Waals surface area contributed by atoms with Gasteiger partial charge in [0.25, 0.3) is 5.91 Å². The molecular formula is C14H13NO5S. The van der Waals surface area contributed by atoms with Crippen LogP contribution in [0.15, 0.2) is 30.3 Å². The summed E-state index contributed by atoms with van der Waals surface area (Å²) < 4.78 is 10.3. The molecule has 0 unspecified atom stereocenters. The van der Waals surface area contributed by atoms with Crippen LogP contribution in [-0.2, 0) is 14.3 Å². The minimum absolute atomic E-state index is 0.153. The molecule has 0 aliphatic heterocycles. The van der Waals surface area contributed by atoms with E-state index in [2.05, 4.69) is 4.74 Å². The molecule has 0 aliphatic carbocycles. The van der Waals surface area contributed by atoms with Crippen molar-refractivity contribution in [2.75, 3.05) is 13.2 Å². The number of esters is 1. The molecule has 0 aliphatic rings. The van der Waals surface area contributed by atoms with Gasteiger partial charge in [-0.25, -0.2) is 9.59 Å². The highest BCUT2D eigenvalue weighted by Crippen LogP contribution is 2.25. The number of hydrogen-bond donors (Lipinski definition) is 1. The third kappa shape index (κ3) is 4.03. The van der Waals surface area contributed by atoms with Crippen LogP contribution in [0.25, 0.3) is 10.1 Å². The molecule has 0 bridgehead atoms. The molecule has 0 saturated heterocycles. The predicted octanol–water partition coefficient (Wildman–Crippen LogP) is 2.33. The van der Waals surface area contributed by atoms with Crippen LogP contribution >= 0.6 is 11.3 Å². The van der Waals surface area contributed by atoms with Crippen LogP contribution < -0.4 is 5.32 Å². The SMILES string of the molecule is CCOC(=O)NC(=O)COC(=O)c1cc2ccccc2s1. The van der Waals surface area contributed by atoms with Gasteiger partial charge in [0.05, 0.1) is 6.61 Å². The van der Waals surface area contributed by atoms with Crippen LogP contribution in [0.4, 0.5) is 4.79 Å². The van der Waals surface area contributed by atoms with E-state index < -0.39 is 24.6 Å². The molecule has 7 heteroatoms. The van der Waals surface area contributed by atoms with E-state index in [-0.39, 0.29) is 6.61 Å². The fourth-order valence-electron chi connectivity index (χ4n) is 1.60. The number of hydrogen-bond acceptors (Lipinski definition) is 6. The average molecular weight is 307 g/mol. The van der Waals surface area contributed by atoms with Crippen molar-refractivity contribution in [1.29, 1.82) is 0 Å². The zero-order valence-corrected chi connectivity index (χ0v) is 12.1. The van der Waals surface area contributed by atoms with Gasteiger partial charge in [0.1, 0.15) is 4.88 Å². The fourth-order valence-corrected chi connectivity index (χ4v) is 2.56. The van der Waals surface area contributed by atoms with Crippen LogP contribution in [0, 0.1) is 0 Å². The van der Waals surface area contributed by atoms with Gasteiger partial charge in [-0.15, -0.1) is 11.3 Å². The Labute approximate surface area is 124 Å². The molecule has 0 radical (unpaired) electrons. The summed E-state index contributed by atoms with van der Waals surface area (Å²) in [5.41, 5.74) is 0. The van der Waals surface area contributed by atoms with Gasteiger partial charge in [0.2, 0.25) is 0 Å². The normalized spacial score (nSPS) is 10.1. The number of carbonyl (C=O) groups excluding carboxylic acids is 3. The smallest absolute Gasteiger partial charge is 0.413 e. The molecule has 1 N–H and O–H groups in total. The number of carbonyl (C=O) groups is 3. The molecule has 0 fully saturated rings. The van der Waals surface area contributed by atoms with Crippen molar-refractivity contribution < 1.29 is 23.9 Å². The summed E-state index contributed by atoms with van der Waals surface area (Å²) in [5.74, 6) is -1.34. The van der Waals surface area contributed by atoms with Crippen molar-refractivity contribution in [2.45, 2.75) is 6.92 Å². The Balaban J connectivity index is 1.89. The lowest BCUT2D eigenvalue weighted by Crippen LogP contribution is -2.34. The average Bonchev–Trinajstić information content (AvgIpc) is 2.89. The summed E-state index contributed by atoms with van der Waals surface area (Å²) in [6.07, 6.45) is -0.861. The number of ether oxygens (including phenoxy) is 2. The summed E-state index contributed by atoms with van der Waals surface area (Å²) in [6, 6.07) is 9.23. The van der Waals surface area contributed by atoms with Gasteiger partial charge in [-0.05, 0) is 24.4 Å². The van der Waals surface area contributed by atoms with E-state index in [4.69, 9.17) is 4.74 Å². The van der Waals surface area contributed by atoms with Gasteiger partial charge in [-0.1, -0.05) is 18.2 Å². The topological polar surface area (TPSA) is 81.7 Å². The zero-order valence-electron chi connectivity index (χ0n) is 11.3. The number of thiophene rings is 1. The standard InChI is InChI=1S/C14H13NO5S/c1-2-19-14(18)15-12(16)8-20-13(17)11-7-9-5-3-4-6-10(9)21-11/h3-7H,2,8H2,1H3,(H,15,16,18). The molecule has 2 aromatic rings. The van der Waals surface area contributed by atoms with Crippen molar-refractivity contribution in [3.8, 4) is 0 Å². The molecular weight excluding hydrogens is 294 g/mol. The maximum absolute atomic E-state index is 11.8. The first-order valence-electron chi connectivity index (χ1n) is 6.22. The molecule has 0 atom stereocenters. The number of rotatable bonds is 4. The van der Waals surface area contributed by atoms with Crippen molar-refractivity contribution >= 4 is 39.4 Å². The lowest BCUT2D eigenvalue weighted by Gasteiger charge is -2.04. The van der Waals surface area contributed by atoms with Gasteiger partial charge in [-0.3, -0.25) is 10.1 Å². The van der Waals surface area contributed by atoms with E-state index in [1.54, 1.807) is 13.0 Å². The molecule has 1 aromatic heterocycles. The van der Waals surface area contributed by atoms with E-state index >= 15 is 0 Å². The van der Waals surface area contributed by atoms with Crippen LogP contribution in [0.2, 0.25) is 0 Å². The minimum atomic E-state index is -0.861. The fraction of sp³-hybridized carbons (Fsp3) is 0.214. The Morgan fingerprint density at radius 2 is 1.95 bits per heavy atom. The summed E-state index contributed by atoms with van der Waals surface area (Å²) in [4.78, 5) is 34.6. The number of imide groups is 1. The van der Waals surface area contributed by atoms with Crippen molar-refractivity contribution in [2.24, 2.45) is 0 Å². The number of amides is 2. The van der Waals surface area contributed by atoms with E-state index in [1.165, 1.54) is 11.3 Å². The third-order valence-corrected chi connectivity index (χ3v) is 3.57. The lowest BCUT2D eigenvalue weighted by atomic mass is 10.2. The molecule has 2 amide bonds. The summed E-state index contributed by atoms with van der Waals surface area (Å²) in [5, 5.41) is 2.88. The van der Waals surface area contributed by atoms with Gasteiger partial charge in [-0.2, -0.15) is 0 Å². The van der Waals surface area contributed by atoms with Gasteiger partial charge >= 0.3 is 12.1 Å². The number of nitrogens with one attached hydrogen (secondary N) is 1. The Bertz CT molecular complexity index is 646. The van der Waals surface area contributed by atoms with Crippen LogP contribution in [0.1, 0.15) is 16.6 Å². The first-order chi connectivity index (χ1) is 10.1. The highest BCUT2D eigenvalue weighted by molar-refractivity contribution is 7.20. The first-order valence-corrected chi connectivity index (χ1v) is 7.04. The Hall–Kier alpha value is -2.41. The maximum atomic E-state index is 11.8. The third-order valence-electron chi connectivity index (χ3n) is 2.48. The molecule has 6 nitrogen and oxygen atoms in total. The van der Waals surface area contributed by atoms with Gasteiger partial charge < -0.3 is 9.47 Å². The number of fused-ring (bicyclic) bond motifs is 1. The molecule has 110 valence electrons. The second-order valence-electron chi connectivity index (χ2n) is 3.99. The number of alkyl carbamates (subject to hydrolysis) is 1. The molecule has 2 rings (SSSR count). The van der Waals surface area contributed by atoms with Crippen LogP contribution in [-0.4, -0.2) is 31.2 Å². The first kappa shape index (κ1) is 15.0. The molecule has 1 aromatic carbocycles. The molecule has 0 saturated carbocycles. The van der Waals surface area contributed by atoms with E-state index in [9.17, 15) is 14.4 Å². The van der Waals surface area contributed by atoms with Crippen molar-refractivity contribution in [3.63, 3.8) is 0 Å². The molecule has 0 spiro atoms.